The van der Waals surface area contributed by atoms with Crippen LogP contribution in [0, 0.1) is 17.8 Å². The summed E-state index contributed by atoms with van der Waals surface area (Å²) in [6.45, 7) is 9.59. The van der Waals surface area contributed by atoms with Crippen molar-refractivity contribution in [1.82, 2.24) is 15.3 Å². The summed E-state index contributed by atoms with van der Waals surface area (Å²) in [5.41, 5.74) is 2.28. The molecule has 1 heterocycles. The van der Waals surface area contributed by atoms with Gasteiger partial charge in [0, 0.05) is 11.1 Å². The Bertz CT molecular complexity index is 1160. The van der Waals surface area contributed by atoms with E-state index >= 15 is 0 Å². The van der Waals surface area contributed by atoms with Crippen LogP contribution in [-0.4, -0.2) is 27.0 Å². The quantitative estimate of drug-likeness (QED) is 0.403. The second-order valence-electron chi connectivity index (χ2n) is 8.71. The van der Waals surface area contributed by atoms with Gasteiger partial charge >= 0.3 is 6.09 Å². The van der Waals surface area contributed by atoms with E-state index in [0.717, 1.165) is 27.6 Å². The minimum atomic E-state index is -0.555. The Morgan fingerprint density at radius 3 is 2.58 bits per heavy atom. The Morgan fingerprint density at radius 2 is 1.90 bits per heavy atom. The van der Waals surface area contributed by atoms with Crippen LogP contribution < -0.4 is 5.32 Å². The first-order valence-corrected chi connectivity index (χ1v) is 10.7. The minimum absolute atomic E-state index is 0.134. The van der Waals surface area contributed by atoms with E-state index in [1.807, 2.05) is 58.9 Å². The average Bonchev–Trinajstić information content (AvgIpc) is 3.18. The van der Waals surface area contributed by atoms with Crippen molar-refractivity contribution >= 4 is 34.5 Å². The molecule has 0 saturated heterocycles. The number of benzene rings is 2. The van der Waals surface area contributed by atoms with Crippen LogP contribution >= 0.6 is 12.2 Å². The Kier molecular flexibility index (Phi) is 6.77. The maximum atomic E-state index is 12.3. The van der Waals surface area contributed by atoms with Gasteiger partial charge in [0.25, 0.3) is 0 Å². The van der Waals surface area contributed by atoms with E-state index in [1.165, 1.54) is 5.37 Å². The SMILES string of the molecule is CC(C)[C@H](NC(=O)OC(C)(C)C)c1ncc(-c2ccc3cc(C#CC=S)ccc3c2)[nH]1. The molecule has 1 aromatic heterocycles. The molecule has 0 aliphatic rings. The van der Waals surface area contributed by atoms with Gasteiger partial charge in [0.2, 0.25) is 0 Å². The van der Waals surface area contributed by atoms with Crippen LogP contribution in [0.25, 0.3) is 22.0 Å². The van der Waals surface area contributed by atoms with Crippen LogP contribution in [0.1, 0.15) is 52.0 Å². The molecule has 2 aromatic carbocycles. The molecule has 0 spiro atoms. The summed E-state index contributed by atoms with van der Waals surface area (Å²) >= 11 is 4.76. The lowest BCUT2D eigenvalue weighted by molar-refractivity contribution is 0.0486. The van der Waals surface area contributed by atoms with Crippen LogP contribution in [-0.2, 0) is 4.74 Å². The van der Waals surface area contributed by atoms with Gasteiger partial charge in [-0.2, -0.15) is 0 Å². The number of carbonyl (C=O) groups is 1. The van der Waals surface area contributed by atoms with Crippen molar-refractivity contribution in [2.75, 3.05) is 0 Å². The minimum Gasteiger partial charge on any atom is -0.444 e. The molecule has 0 radical (unpaired) electrons. The maximum absolute atomic E-state index is 12.3. The fourth-order valence-corrected chi connectivity index (χ4v) is 3.29. The summed E-state index contributed by atoms with van der Waals surface area (Å²) in [6, 6.07) is 12.0. The van der Waals surface area contributed by atoms with E-state index < -0.39 is 11.7 Å². The maximum Gasteiger partial charge on any atom is 0.408 e. The van der Waals surface area contributed by atoms with E-state index in [2.05, 4.69) is 39.3 Å². The zero-order valence-electron chi connectivity index (χ0n) is 18.4. The molecule has 0 aliphatic heterocycles. The third kappa shape index (κ3) is 5.93. The largest absolute Gasteiger partial charge is 0.444 e. The molecule has 1 amide bonds. The van der Waals surface area contributed by atoms with Crippen molar-refractivity contribution in [2.24, 2.45) is 5.92 Å². The Balaban J connectivity index is 1.84. The number of fused-ring (bicyclic) bond motifs is 1. The van der Waals surface area contributed by atoms with E-state index in [1.54, 1.807) is 6.20 Å². The molecule has 0 fully saturated rings. The first-order chi connectivity index (χ1) is 14.7. The monoisotopic (exact) mass is 433 g/mol. The van der Waals surface area contributed by atoms with Crippen LogP contribution in [0.2, 0.25) is 0 Å². The average molecular weight is 434 g/mol. The fraction of sp³-hybridized carbons (Fsp3) is 0.320. The number of carbonyl (C=O) groups excluding carboxylic acids is 1. The highest BCUT2D eigenvalue weighted by Gasteiger charge is 2.25. The number of rotatable bonds is 4. The number of hydrogen-bond donors (Lipinski definition) is 2. The molecule has 3 rings (SSSR count). The summed E-state index contributed by atoms with van der Waals surface area (Å²) in [5, 5.41) is 6.56. The van der Waals surface area contributed by atoms with Gasteiger partial charge in [-0.25, -0.2) is 9.78 Å². The number of ether oxygens (including phenoxy) is 1. The Morgan fingerprint density at radius 1 is 1.19 bits per heavy atom. The summed E-state index contributed by atoms with van der Waals surface area (Å²) in [4.78, 5) is 20.2. The highest BCUT2D eigenvalue weighted by Crippen LogP contribution is 2.27. The van der Waals surface area contributed by atoms with Crippen molar-refractivity contribution in [3.05, 3.63) is 54.0 Å². The van der Waals surface area contributed by atoms with E-state index in [9.17, 15) is 4.79 Å². The van der Waals surface area contributed by atoms with Crippen LogP contribution in [0.4, 0.5) is 4.79 Å². The number of thiocarbonyl (C=S) groups is 1. The van der Waals surface area contributed by atoms with Crippen LogP contribution in [0.5, 0.6) is 0 Å². The third-order valence-electron chi connectivity index (χ3n) is 4.66. The first-order valence-electron chi connectivity index (χ1n) is 10.2. The number of hydrogen-bond acceptors (Lipinski definition) is 4. The summed E-state index contributed by atoms with van der Waals surface area (Å²) in [5.74, 6) is 6.65. The predicted molar refractivity (Wildman–Crippen MR) is 129 cm³/mol. The molecule has 31 heavy (non-hydrogen) atoms. The normalized spacial score (nSPS) is 12.2. The molecular formula is C25H27N3O2S. The van der Waals surface area contributed by atoms with Gasteiger partial charge in [0.05, 0.1) is 23.3 Å². The number of nitrogens with zero attached hydrogens (tertiary/aromatic N) is 1. The van der Waals surface area contributed by atoms with Crippen molar-refractivity contribution < 1.29 is 9.53 Å². The Labute approximate surface area is 188 Å². The second-order valence-corrected chi connectivity index (χ2v) is 8.95. The molecule has 1 atom stereocenters. The molecule has 2 N–H and O–H groups in total. The van der Waals surface area contributed by atoms with Gasteiger partial charge in [0.1, 0.15) is 11.4 Å². The molecule has 3 aromatic rings. The highest BCUT2D eigenvalue weighted by molar-refractivity contribution is 7.79. The molecule has 0 bridgehead atoms. The molecule has 6 heteroatoms. The van der Waals surface area contributed by atoms with Gasteiger partial charge in [0.15, 0.2) is 0 Å². The Hall–Kier alpha value is -3.17. The van der Waals surface area contributed by atoms with Crippen LogP contribution in [0.15, 0.2) is 42.6 Å². The molecule has 160 valence electrons. The standard InChI is InChI=1S/C25H27N3O2S/c1-16(2)22(28-24(29)30-25(3,4)5)23-26-15-21(27-23)20-11-10-18-13-17(7-6-12-31)8-9-19(18)14-20/h8-16,22H,1-5H3,(H,26,27)(H,28,29)/t22-/m0/s1. The van der Waals surface area contributed by atoms with Gasteiger partial charge in [-0.05, 0) is 55.7 Å². The number of aromatic amines is 1. The summed E-state index contributed by atoms with van der Waals surface area (Å²) < 4.78 is 5.40. The number of imidazole rings is 1. The smallest absolute Gasteiger partial charge is 0.408 e. The third-order valence-corrected chi connectivity index (χ3v) is 4.77. The first kappa shape index (κ1) is 22.5. The van der Waals surface area contributed by atoms with Gasteiger partial charge in [-0.15, -0.1) is 0 Å². The van der Waals surface area contributed by atoms with Gasteiger partial charge in [-0.3, -0.25) is 0 Å². The topological polar surface area (TPSA) is 67.0 Å². The van der Waals surface area contributed by atoms with Gasteiger partial charge in [-0.1, -0.05) is 56.1 Å². The molecule has 0 saturated carbocycles. The van der Waals surface area contributed by atoms with Crippen molar-refractivity contribution in [3.63, 3.8) is 0 Å². The number of aromatic nitrogens is 2. The van der Waals surface area contributed by atoms with Crippen molar-refractivity contribution in [1.29, 1.82) is 0 Å². The zero-order chi connectivity index (χ0) is 22.6. The lowest BCUT2D eigenvalue weighted by Crippen LogP contribution is -2.37. The molecule has 5 nitrogen and oxygen atoms in total. The fourth-order valence-electron chi connectivity index (χ4n) is 3.23. The summed E-state index contributed by atoms with van der Waals surface area (Å²) in [7, 11) is 0. The second kappa shape index (κ2) is 9.32. The number of H-pyrrole nitrogens is 1. The van der Waals surface area contributed by atoms with Crippen molar-refractivity contribution in [3.8, 4) is 23.1 Å². The van der Waals surface area contributed by atoms with E-state index in [-0.39, 0.29) is 12.0 Å². The molecular weight excluding hydrogens is 406 g/mol. The predicted octanol–water partition coefficient (Wildman–Crippen LogP) is 5.80. The highest BCUT2D eigenvalue weighted by atomic mass is 32.1. The molecule has 0 aliphatic carbocycles. The zero-order valence-corrected chi connectivity index (χ0v) is 19.3. The number of nitrogens with one attached hydrogen (secondary N) is 2. The lowest BCUT2D eigenvalue weighted by atomic mass is 10.0. The van der Waals surface area contributed by atoms with E-state index in [4.69, 9.17) is 17.0 Å². The molecule has 0 unspecified atom stereocenters. The van der Waals surface area contributed by atoms with E-state index in [0.29, 0.717) is 5.82 Å². The number of alkyl carbamates (subject to hydrolysis) is 1. The van der Waals surface area contributed by atoms with Crippen molar-refractivity contribution in [2.45, 2.75) is 46.3 Å². The number of amides is 1. The lowest BCUT2D eigenvalue weighted by Gasteiger charge is -2.24. The van der Waals surface area contributed by atoms with Gasteiger partial charge < -0.3 is 15.0 Å². The van der Waals surface area contributed by atoms with Crippen LogP contribution in [0.3, 0.4) is 0 Å². The summed E-state index contributed by atoms with van der Waals surface area (Å²) in [6.07, 6.45) is 1.34.